The number of hydrogen-bond donors (Lipinski definition) is 1. The number of nitriles is 1. The Morgan fingerprint density at radius 3 is 2.70 bits per heavy atom. The third kappa shape index (κ3) is 3.44. The van der Waals surface area contributed by atoms with Gasteiger partial charge in [-0.05, 0) is 44.2 Å². The Labute approximate surface area is 157 Å². The number of rotatable bonds is 5. The van der Waals surface area contributed by atoms with Crippen LogP contribution in [0.15, 0.2) is 42.5 Å². The lowest BCUT2D eigenvalue weighted by molar-refractivity contribution is 0.168. The quantitative estimate of drug-likeness (QED) is 0.708. The average Bonchev–Trinajstić information content (AvgIpc) is 3.00. The zero-order valence-electron chi connectivity index (χ0n) is 15.6. The molecule has 0 spiro atoms. The molecule has 0 saturated heterocycles. The van der Waals surface area contributed by atoms with Gasteiger partial charge in [-0.15, -0.1) is 0 Å². The summed E-state index contributed by atoms with van der Waals surface area (Å²) in [5.41, 5.74) is 3.82. The first-order valence-electron chi connectivity index (χ1n) is 8.77. The summed E-state index contributed by atoms with van der Waals surface area (Å²) in [4.78, 5) is 11.7. The fourth-order valence-electron chi connectivity index (χ4n) is 3.23. The van der Waals surface area contributed by atoms with Crippen LogP contribution in [0.25, 0.3) is 22.2 Å². The third-order valence-electron chi connectivity index (χ3n) is 4.36. The number of nitrogens with one attached hydrogen (secondary N) is 1. The molecule has 1 amide bonds. The minimum atomic E-state index is -0.504. The number of nitrogens with zero attached hydrogens (tertiary/aromatic N) is 2. The molecule has 0 atom stereocenters. The first-order chi connectivity index (χ1) is 13.1. The highest BCUT2D eigenvalue weighted by Crippen LogP contribution is 2.36. The van der Waals surface area contributed by atoms with Crippen molar-refractivity contribution in [2.24, 2.45) is 0 Å². The number of carbonyl (C=O) groups excluding carboxylic acids is 1. The van der Waals surface area contributed by atoms with Gasteiger partial charge in [-0.25, -0.2) is 4.79 Å². The average molecular weight is 363 g/mol. The van der Waals surface area contributed by atoms with Gasteiger partial charge >= 0.3 is 6.09 Å². The molecule has 0 unspecified atom stereocenters. The molecule has 1 aromatic heterocycles. The van der Waals surface area contributed by atoms with E-state index in [-0.39, 0.29) is 0 Å². The Balaban J connectivity index is 2.16. The van der Waals surface area contributed by atoms with E-state index in [0.29, 0.717) is 30.2 Å². The maximum atomic E-state index is 11.7. The second-order valence-corrected chi connectivity index (χ2v) is 5.89. The normalized spacial score (nSPS) is 10.4. The van der Waals surface area contributed by atoms with Crippen LogP contribution in [-0.4, -0.2) is 24.4 Å². The predicted molar refractivity (Wildman–Crippen MR) is 105 cm³/mol. The molecule has 3 rings (SSSR count). The van der Waals surface area contributed by atoms with Crippen LogP contribution in [0.4, 0.5) is 10.5 Å². The van der Waals surface area contributed by atoms with Crippen molar-refractivity contribution in [3.8, 4) is 23.1 Å². The first-order valence-corrected chi connectivity index (χ1v) is 8.77. The first kappa shape index (κ1) is 18.3. The maximum Gasteiger partial charge on any atom is 0.411 e. The number of carbonyl (C=O) groups is 1. The molecule has 27 heavy (non-hydrogen) atoms. The Morgan fingerprint density at radius 1 is 1.22 bits per heavy atom. The third-order valence-corrected chi connectivity index (χ3v) is 4.36. The van der Waals surface area contributed by atoms with Crippen LogP contribution in [0.3, 0.4) is 0 Å². The molecule has 0 aliphatic heterocycles. The SMILES string of the molecule is CCOC(=O)Nc1cccc(-c2c(C#N)c3cc(OC)ccc3n2CC)c1. The number of ether oxygens (including phenoxy) is 2. The molecular formula is C21H21N3O3. The number of benzene rings is 2. The van der Waals surface area contributed by atoms with Gasteiger partial charge in [-0.1, -0.05) is 12.1 Å². The van der Waals surface area contributed by atoms with Crippen LogP contribution in [0.1, 0.15) is 19.4 Å². The summed E-state index contributed by atoms with van der Waals surface area (Å²) in [5, 5.41) is 13.4. The van der Waals surface area contributed by atoms with Crippen LogP contribution in [0.2, 0.25) is 0 Å². The van der Waals surface area contributed by atoms with E-state index in [1.165, 1.54) is 0 Å². The van der Waals surface area contributed by atoms with Crippen molar-refractivity contribution < 1.29 is 14.3 Å². The minimum absolute atomic E-state index is 0.302. The fourth-order valence-corrected chi connectivity index (χ4v) is 3.23. The molecular weight excluding hydrogens is 342 g/mol. The Kier molecular flexibility index (Phi) is 5.32. The molecule has 0 saturated carbocycles. The van der Waals surface area contributed by atoms with E-state index in [0.717, 1.165) is 22.2 Å². The Morgan fingerprint density at radius 2 is 2.04 bits per heavy atom. The van der Waals surface area contributed by atoms with E-state index < -0.39 is 6.09 Å². The largest absolute Gasteiger partial charge is 0.497 e. The molecule has 3 aromatic rings. The summed E-state index contributed by atoms with van der Waals surface area (Å²) in [7, 11) is 1.61. The van der Waals surface area contributed by atoms with Crippen molar-refractivity contribution >= 4 is 22.7 Å². The van der Waals surface area contributed by atoms with Crippen molar-refractivity contribution in [2.45, 2.75) is 20.4 Å². The highest BCUT2D eigenvalue weighted by molar-refractivity contribution is 5.96. The van der Waals surface area contributed by atoms with E-state index in [9.17, 15) is 10.1 Å². The molecule has 0 aliphatic rings. The highest BCUT2D eigenvalue weighted by atomic mass is 16.5. The second kappa shape index (κ2) is 7.83. The zero-order valence-corrected chi connectivity index (χ0v) is 15.6. The van der Waals surface area contributed by atoms with Gasteiger partial charge in [-0.3, -0.25) is 5.32 Å². The summed E-state index contributed by atoms with van der Waals surface area (Å²) in [6.45, 7) is 4.80. The second-order valence-electron chi connectivity index (χ2n) is 5.89. The Bertz CT molecular complexity index is 1030. The van der Waals surface area contributed by atoms with Gasteiger partial charge in [0.2, 0.25) is 0 Å². The summed E-state index contributed by atoms with van der Waals surface area (Å²) in [5.74, 6) is 0.705. The van der Waals surface area contributed by atoms with Gasteiger partial charge < -0.3 is 14.0 Å². The number of aryl methyl sites for hydroxylation is 1. The lowest BCUT2D eigenvalue weighted by Gasteiger charge is -2.11. The molecule has 2 aromatic carbocycles. The molecule has 0 bridgehead atoms. The molecule has 6 heteroatoms. The van der Waals surface area contributed by atoms with Gasteiger partial charge in [0.1, 0.15) is 11.8 Å². The molecule has 1 N–H and O–H groups in total. The highest BCUT2D eigenvalue weighted by Gasteiger charge is 2.19. The van der Waals surface area contributed by atoms with Gasteiger partial charge in [0.15, 0.2) is 0 Å². The maximum absolute atomic E-state index is 11.7. The van der Waals surface area contributed by atoms with E-state index in [4.69, 9.17) is 9.47 Å². The zero-order chi connectivity index (χ0) is 19.4. The smallest absolute Gasteiger partial charge is 0.411 e. The van der Waals surface area contributed by atoms with Gasteiger partial charge in [-0.2, -0.15) is 5.26 Å². The predicted octanol–water partition coefficient (Wildman–Crippen LogP) is 4.78. The van der Waals surface area contributed by atoms with Gasteiger partial charge in [0.25, 0.3) is 0 Å². The minimum Gasteiger partial charge on any atom is -0.497 e. The Hall–Kier alpha value is -3.46. The lowest BCUT2D eigenvalue weighted by Crippen LogP contribution is -2.13. The van der Waals surface area contributed by atoms with Crippen molar-refractivity contribution in [2.75, 3.05) is 19.0 Å². The van der Waals surface area contributed by atoms with E-state index in [2.05, 4.69) is 16.0 Å². The van der Waals surface area contributed by atoms with Crippen LogP contribution < -0.4 is 10.1 Å². The lowest BCUT2D eigenvalue weighted by atomic mass is 10.1. The number of aromatic nitrogens is 1. The summed E-state index contributed by atoms with van der Waals surface area (Å²) >= 11 is 0. The summed E-state index contributed by atoms with van der Waals surface area (Å²) in [6, 6.07) is 15.5. The molecule has 0 fully saturated rings. The van der Waals surface area contributed by atoms with Crippen molar-refractivity contribution in [1.82, 2.24) is 4.57 Å². The summed E-state index contributed by atoms with van der Waals surface area (Å²) in [6.07, 6.45) is -0.504. The number of methoxy groups -OCH3 is 1. The van der Waals surface area contributed by atoms with Crippen LogP contribution in [0.5, 0.6) is 5.75 Å². The fraction of sp³-hybridized carbons (Fsp3) is 0.238. The topological polar surface area (TPSA) is 76.3 Å². The molecule has 138 valence electrons. The van der Waals surface area contributed by atoms with Crippen molar-refractivity contribution in [3.63, 3.8) is 0 Å². The molecule has 0 radical (unpaired) electrons. The number of fused-ring (bicyclic) bond motifs is 1. The van der Waals surface area contributed by atoms with Crippen LogP contribution in [-0.2, 0) is 11.3 Å². The van der Waals surface area contributed by atoms with E-state index >= 15 is 0 Å². The molecule has 0 aliphatic carbocycles. The van der Waals surface area contributed by atoms with Crippen molar-refractivity contribution in [3.05, 3.63) is 48.0 Å². The monoisotopic (exact) mass is 363 g/mol. The molecule has 6 nitrogen and oxygen atoms in total. The number of amides is 1. The van der Waals surface area contributed by atoms with E-state index in [1.807, 2.05) is 43.3 Å². The van der Waals surface area contributed by atoms with Crippen LogP contribution >= 0.6 is 0 Å². The number of anilines is 1. The number of hydrogen-bond acceptors (Lipinski definition) is 4. The van der Waals surface area contributed by atoms with Gasteiger partial charge in [0, 0.05) is 23.2 Å². The van der Waals surface area contributed by atoms with Crippen molar-refractivity contribution in [1.29, 1.82) is 5.26 Å². The molecule has 1 heterocycles. The van der Waals surface area contributed by atoms with Gasteiger partial charge in [0.05, 0.1) is 30.5 Å². The van der Waals surface area contributed by atoms with Crippen LogP contribution in [0, 0.1) is 11.3 Å². The summed E-state index contributed by atoms with van der Waals surface area (Å²) < 4.78 is 12.3. The standard InChI is InChI=1S/C21H21N3O3/c1-4-24-19-10-9-16(26-3)12-17(19)18(13-22)20(24)14-7-6-8-15(11-14)23-21(25)27-5-2/h6-12H,4-5H2,1-3H3,(H,23,25). The van der Waals surface area contributed by atoms with E-state index in [1.54, 1.807) is 20.1 Å².